The van der Waals surface area contributed by atoms with Crippen LogP contribution in [0.15, 0.2) is 79.4 Å². The summed E-state index contributed by atoms with van der Waals surface area (Å²) in [6, 6.07) is 17.3. The predicted octanol–water partition coefficient (Wildman–Crippen LogP) is 2.97. The molecule has 0 spiro atoms. The smallest absolute Gasteiger partial charge is 0.241 e. The van der Waals surface area contributed by atoms with E-state index >= 15 is 0 Å². The minimum atomic E-state index is -0.173. The molecule has 9 nitrogen and oxygen atoms in total. The van der Waals surface area contributed by atoms with Gasteiger partial charge in [-0.2, -0.15) is 10.2 Å². The van der Waals surface area contributed by atoms with E-state index in [9.17, 15) is 9.59 Å². The Bertz CT molecular complexity index is 1230. The maximum atomic E-state index is 12.3. The van der Waals surface area contributed by atoms with E-state index < -0.39 is 0 Å². The summed E-state index contributed by atoms with van der Waals surface area (Å²) in [6.07, 6.45) is 7.64. The van der Waals surface area contributed by atoms with Gasteiger partial charge >= 0.3 is 0 Å². The first kappa shape index (κ1) is 22.8. The van der Waals surface area contributed by atoms with E-state index in [1.807, 2.05) is 60.8 Å². The number of amides is 2. The van der Waals surface area contributed by atoms with Crippen LogP contribution in [-0.2, 0) is 29.1 Å². The van der Waals surface area contributed by atoms with Crippen molar-refractivity contribution in [2.24, 2.45) is 0 Å². The summed E-state index contributed by atoms with van der Waals surface area (Å²) in [7, 11) is 1.61. The summed E-state index contributed by atoms with van der Waals surface area (Å²) in [5.74, 6) is 0.463. The number of aryl methyl sites for hydroxylation is 1. The number of nitrogens with zero attached hydrogens (tertiary/aromatic N) is 4. The van der Waals surface area contributed by atoms with E-state index in [0.29, 0.717) is 25.1 Å². The van der Waals surface area contributed by atoms with Gasteiger partial charge < -0.3 is 15.4 Å². The molecule has 0 bridgehead atoms. The van der Waals surface area contributed by atoms with E-state index in [1.165, 1.54) is 10.9 Å². The Morgan fingerprint density at radius 3 is 2.59 bits per heavy atom. The van der Waals surface area contributed by atoms with Crippen LogP contribution in [0.4, 0.5) is 5.69 Å². The maximum absolute atomic E-state index is 12.3. The molecule has 2 N–H and O–H groups in total. The molecule has 0 atom stereocenters. The second kappa shape index (κ2) is 11.0. The van der Waals surface area contributed by atoms with Gasteiger partial charge in [-0.05, 0) is 41.8 Å². The van der Waals surface area contributed by atoms with Gasteiger partial charge in [0, 0.05) is 31.6 Å². The van der Waals surface area contributed by atoms with Crippen LogP contribution < -0.4 is 15.4 Å². The number of benzene rings is 2. The van der Waals surface area contributed by atoms with Crippen LogP contribution in [0.2, 0.25) is 0 Å². The Labute approximate surface area is 197 Å². The van der Waals surface area contributed by atoms with Crippen LogP contribution in [0, 0.1) is 0 Å². The number of carbonyl (C=O) groups is 2. The topological polar surface area (TPSA) is 103 Å². The summed E-state index contributed by atoms with van der Waals surface area (Å²) >= 11 is 0. The van der Waals surface area contributed by atoms with Crippen molar-refractivity contribution in [2.75, 3.05) is 12.4 Å². The minimum absolute atomic E-state index is 0.0580. The Morgan fingerprint density at radius 1 is 1.00 bits per heavy atom. The van der Waals surface area contributed by atoms with Crippen LogP contribution in [-0.4, -0.2) is 38.5 Å². The lowest BCUT2D eigenvalue weighted by Gasteiger charge is -2.08. The third-order valence-electron chi connectivity index (χ3n) is 5.23. The van der Waals surface area contributed by atoms with Gasteiger partial charge in [0.25, 0.3) is 0 Å². The zero-order chi connectivity index (χ0) is 23.8. The lowest BCUT2D eigenvalue weighted by molar-refractivity contribution is -0.122. The molecule has 2 heterocycles. The van der Waals surface area contributed by atoms with E-state index in [4.69, 9.17) is 4.74 Å². The number of hydrogen-bond acceptors (Lipinski definition) is 5. The molecule has 2 aromatic carbocycles. The van der Waals surface area contributed by atoms with Gasteiger partial charge in [-0.25, -0.2) is 4.68 Å². The summed E-state index contributed by atoms with van der Waals surface area (Å²) in [4.78, 5) is 24.6. The standard InChI is InChI=1S/C25H26N6O3/c1-34-23-6-3-2-5-20(23)9-12-24(32)29-21-16-28-30(17-21)18-25(33)26-15-19-7-10-22(11-8-19)31-14-4-13-27-31/h2-8,10-11,13-14,16-17H,9,12,15,18H2,1H3,(H,26,33)(H,29,32). The van der Waals surface area contributed by atoms with Crippen molar-refractivity contribution < 1.29 is 14.3 Å². The van der Waals surface area contributed by atoms with Crippen molar-refractivity contribution >= 4 is 17.5 Å². The fourth-order valence-electron chi connectivity index (χ4n) is 3.49. The highest BCUT2D eigenvalue weighted by Gasteiger charge is 2.09. The number of para-hydroxylation sites is 1. The maximum Gasteiger partial charge on any atom is 0.241 e. The minimum Gasteiger partial charge on any atom is -0.496 e. The highest BCUT2D eigenvalue weighted by Crippen LogP contribution is 2.19. The second-order valence-corrected chi connectivity index (χ2v) is 7.68. The number of hydrogen-bond donors (Lipinski definition) is 2. The van der Waals surface area contributed by atoms with Crippen molar-refractivity contribution in [3.05, 3.63) is 90.5 Å². The first-order valence-electron chi connectivity index (χ1n) is 10.9. The average molecular weight is 459 g/mol. The molecule has 4 aromatic rings. The van der Waals surface area contributed by atoms with E-state index in [1.54, 1.807) is 24.2 Å². The van der Waals surface area contributed by atoms with Crippen LogP contribution in [0.3, 0.4) is 0 Å². The summed E-state index contributed by atoms with van der Waals surface area (Å²) in [5, 5.41) is 14.1. The van der Waals surface area contributed by atoms with Gasteiger partial charge in [-0.15, -0.1) is 0 Å². The Balaban J connectivity index is 1.21. The highest BCUT2D eigenvalue weighted by molar-refractivity contribution is 5.90. The molecular formula is C25H26N6O3. The zero-order valence-corrected chi connectivity index (χ0v) is 18.8. The first-order valence-corrected chi connectivity index (χ1v) is 10.9. The molecule has 4 rings (SSSR count). The Morgan fingerprint density at radius 2 is 1.82 bits per heavy atom. The molecule has 2 aromatic heterocycles. The molecular weight excluding hydrogens is 432 g/mol. The quantitative estimate of drug-likeness (QED) is 0.380. The summed E-state index contributed by atoms with van der Waals surface area (Å²) in [5.41, 5.74) is 3.46. The summed E-state index contributed by atoms with van der Waals surface area (Å²) in [6.45, 7) is 0.467. The molecule has 0 saturated heterocycles. The second-order valence-electron chi connectivity index (χ2n) is 7.68. The molecule has 9 heteroatoms. The van der Waals surface area contributed by atoms with Crippen molar-refractivity contribution in [1.82, 2.24) is 24.9 Å². The molecule has 0 aliphatic carbocycles. The molecule has 0 aliphatic rings. The number of ether oxygens (including phenoxy) is 1. The van der Waals surface area contributed by atoms with Gasteiger partial charge in [-0.1, -0.05) is 30.3 Å². The number of nitrogens with one attached hydrogen (secondary N) is 2. The van der Waals surface area contributed by atoms with E-state index in [2.05, 4.69) is 20.8 Å². The van der Waals surface area contributed by atoms with Crippen LogP contribution in [0.25, 0.3) is 5.69 Å². The van der Waals surface area contributed by atoms with Crippen molar-refractivity contribution in [2.45, 2.75) is 25.9 Å². The average Bonchev–Trinajstić information content (AvgIpc) is 3.54. The fraction of sp³-hybridized carbons (Fsp3) is 0.200. The SMILES string of the molecule is COc1ccccc1CCC(=O)Nc1cnn(CC(=O)NCc2ccc(-n3cccn3)cc2)c1. The molecule has 0 fully saturated rings. The molecule has 34 heavy (non-hydrogen) atoms. The first-order chi connectivity index (χ1) is 16.6. The number of methoxy groups -OCH3 is 1. The zero-order valence-electron chi connectivity index (χ0n) is 18.8. The van der Waals surface area contributed by atoms with Gasteiger partial charge in [-0.3, -0.25) is 14.3 Å². The third-order valence-corrected chi connectivity index (χ3v) is 5.23. The van der Waals surface area contributed by atoms with E-state index in [0.717, 1.165) is 22.6 Å². The van der Waals surface area contributed by atoms with Gasteiger partial charge in [0.2, 0.25) is 11.8 Å². The van der Waals surface area contributed by atoms with Crippen molar-refractivity contribution in [3.8, 4) is 11.4 Å². The van der Waals surface area contributed by atoms with Gasteiger partial charge in [0.15, 0.2) is 0 Å². The van der Waals surface area contributed by atoms with Gasteiger partial charge in [0.05, 0.1) is 24.7 Å². The normalized spacial score (nSPS) is 10.6. The van der Waals surface area contributed by atoms with Crippen molar-refractivity contribution in [3.63, 3.8) is 0 Å². The lowest BCUT2D eigenvalue weighted by Crippen LogP contribution is -2.27. The van der Waals surface area contributed by atoms with Crippen LogP contribution in [0.1, 0.15) is 17.5 Å². The van der Waals surface area contributed by atoms with Crippen LogP contribution in [0.5, 0.6) is 5.75 Å². The number of carbonyl (C=O) groups excluding carboxylic acids is 2. The fourth-order valence-corrected chi connectivity index (χ4v) is 3.49. The number of rotatable bonds is 10. The largest absolute Gasteiger partial charge is 0.496 e. The predicted molar refractivity (Wildman–Crippen MR) is 128 cm³/mol. The van der Waals surface area contributed by atoms with Crippen LogP contribution >= 0.6 is 0 Å². The third kappa shape index (κ3) is 6.10. The number of anilines is 1. The molecule has 2 amide bonds. The lowest BCUT2D eigenvalue weighted by atomic mass is 10.1. The van der Waals surface area contributed by atoms with Crippen molar-refractivity contribution in [1.29, 1.82) is 0 Å². The molecule has 0 radical (unpaired) electrons. The molecule has 0 saturated carbocycles. The number of aromatic nitrogens is 4. The Kier molecular flexibility index (Phi) is 7.34. The van der Waals surface area contributed by atoms with E-state index in [-0.39, 0.29) is 18.4 Å². The molecule has 0 unspecified atom stereocenters. The monoisotopic (exact) mass is 458 g/mol. The van der Waals surface area contributed by atoms with Gasteiger partial charge in [0.1, 0.15) is 12.3 Å². The summed E-state index contributed by atoms with van der Waals surface area (Å²) < 4.78 is 8.58. The highest BCUT2D eigenvalue weighted by atomic mass is 16.5. The molecule has 174 valence electrons. The molecule has 0 aliphatic heterocycles. The Hall–Kier alpha value is -4.40.